The van der Waals surface area contributed by atoms with Crippen LogP contribution in [0.3, 0.4) is 0 Å². The van der Waals surface area contributed by atoms with Gasteiger partial charge in [-0.3, -0.25) is 0 Å². The summed E-state index contributed by atoms with van der Waals surface area (Å²) in [5, 5.41) is 7.06. The van der Waals surface area contributed by atoms with E-state index in [1.165, 1.54) is 25.3 Å². The minimum atomic E-state index is -0.832. The summed E-state index contributed by atoms with van der Waals surface area (Å²) in [6.07, 6.45) is 4.86. The maximum absolute atomic E-state index is 13.2. The number of benzene rings is 1. The molecule has 1 aliphatic carbocycles. The number of thiocarbonyl (C=S) groups is 1. The highest BCUT2D eigenvalue weighted by Crippen LogP contribution is 2.23. The largest absolute Gasteiger partial charge is 0.360 e. The van der Waals surface area contributed by atoms with Crippen LogP contribution >= 0.6 is 12.2 Å². The predicted molar refractivity (Wildman–Crippen MR) is 85.1 cm³/mol. The average Bonchev–Trinajstić information content (AvgIpc) is 2.44. The van der Waals surface area contributed by atoms with Crippen molar-refractivity contribution in [2.45, 2.75) is 51.6 Å². The smallest absolute Gasteiger partial charge is 0.166 e. The quantitative estimate of drug-likeness (QED) is 0.823. The molecule has 2 rings (SSSR count). The Bertz CT molecular complexity index is 507. The molecule has 0 saturated heterocycles. The Labute approximate surface area is 130 Å². The lowest BCUT2D eigenvalue weighted by Gasteiger charge is -2.31. The van der Waals surface area contributed by atoms with Gasteiger partial charge in [-0.15, -0.1) is 0 Å². The summed E-state index contributed by atoms with van der Waals surface area (Å²) < 4.78 is 26.2. The first kappa shape index (κ1) is 16.1. The summed E-state index contributed by atoms with van der Waals surface area (Å²) in [5.74, 6) is -1.05. The van der Waals surface area contributed by atoms with E-state index in [1.54, 1.807) is 6.07 Å². The zero-order chi connectivity index (χ0) is 15.4. The van der Waals surface area contributed by atoms with Crippen LogP contribution in [-0.4, -0.2) is 11.2 Å². The van der Waals surface area contributed by atoms with Crippen molar-refractivity contribution in [1.29, 1.82) is 0 Å². The van der Waals surface area contributed by atoms with Crippen LogP contribution in [0.25, 0.3) is 0 Å². The van der Waals surface area contributed by atoms with Crippen LogP contribution in [0.2, 0.25) is 0 Å². The molecule has 1 aliphatic rings. The van der Waals surface area contributed by atoms with Gasteiger partial charge in [0.2, 0.25) is 0 Å². The molecule has 21 heavy (non-hydrogen) atoms. The summed E-state index contributed by atoms with van der Waals surface area (Å²) in [6, 6.07) is 4.15. The van der Waals surface area contributed by atoms with Crippen molar-refractivity contribution in [3.05, 3.63) is 35.4 Å². The van der Waals surface area contributed by atoms with Gasteiger partial charge in [0.15, 0.2) is 16.7 Å². The molecular formula is C16H22F2N2S. The maximum atomic E-state index is 13.2. The van der Waals surface area contributed by atoms with Crippen molar-refractivity contribution in [1.82, 2.24) is 10.6 Å². The van der Waals surface area contributed by atoms with Crippen molar-refractivity contribution in [3.8, 4) is 0 Å². The molecule has 0 radical (unpaired) electrons. The van der Waals surface area contributed by atoms with E-state index in [0.717, 1.165) is 12.5 Å². The Hall–Kier alpha value is -1.23. The summed E-state index contributed by atoms with van der Waals surface area (Å²) in [6.45, 7) is 4.11. The molecule has 0 spiro atoms. The predicted octanol–water partition coefficient (Wildman–Crippen LogP) is 4.07. The van der Waals surface area contributed by atoms with Crippen molar-refractivity contribution >= 4 is 17.3 Å². The van der Waals surface area contributed by atoms with Crippen molar-refractivity contribution in [2.75, 3.05) is 0 Å². The van der Waals surface area contributed by atoms with Crippen LogP contribution in [0, 0.1) is 17.6 Å². The lowest BCUT2D eigenvalue weighted by atomic mass is 9.86. The normalized spacial score (nSPS) is 23.4. The summed E-state index contributed by atoms with van der Waals surface area (Å²) in [7, 11) is 0. The first-order chi connectivity index (χ1) is 9.97. The SMILES string of the molecule is C[C@H](NC(=S)N[C@H]1CCCC[C@H]1C)c1ccc(F)c(F)c1. The molecule has 1 aromatic carbocycles. The number of hydrogen-bond donors (Lipinski definition) is 2. The standard InChI is InChI=1S/C16H22F2N2S/c1-10-5-3-4-6-15(10)20-16(21)19-11(2)12-7-8-13(17)14(18)9-12/h7-11,15H,3-6H2,1-2H3,(H2,19,20,21)/t10-,11+,15+/m1/s1. The number of hydrogen-bond acceptors (Lipinski definition) is 1. The van der Waals surface area contributed by atoms with Crippen LogP contribution < -0.4 is 10.6 Å². The Balaban J connectivity index is 1.90. The van der Waals surface area contributed by atoms with Crippen molar-refractivity contribution < 1.29 is 8.78 Å². The van der Waals surface area contributed by atoms with E-state index in [0.29, 0.717) is 22.6 Å². The van der Waals surface area contributed by atoms with Crippen molar-refractivity contribution in [3.63, 3.8) is 0 Å². The Morgan fingerprint density at radius 3 is 2.62 bits per heavy atom. The van der Waals surface area contributed by atoms with E-state index in [2.05, 4.69) is 17.6 Å². The highest BCUT2D eigenvalue weighted by molar-refractivity contribution is 7.80. The number of nitrogens with one attached hydrogen (secondary N) is 2. The molecule has 0 aliphatic heterocycles. The van der Waals surface area contributed by atoms with Gasteiger partial charge >= 0.3 is 0 Å². The first-order valence-electron chi connectivity index (χ1n) is 7.49. The van der Waals surface area contributed by atoms with Gasteiger partial charge in [0.05, 0.1) is 6.04 Å². The maximum Gasteiger partial charge on any atom is 0.166 e. The second-order valence-corrected chi connectivity index (χ2v) is 6.29. The fourth-order valence-corrected chi connectivity index (χ4v) is 3.13. The van der Waals surface area contributed by atoms with Crippen LogP contribution in [0.4, 0.5) is 8.78 Å². The third-order valence-electron chi connectivity index (χ3n) is 4.22. The summed E-state index contributed by atoms with van der Waals surface area (Å²) in [5.41, 5.74) is 0.676. The van der Waals surface area contributed by atoms with E-state index in [9.17, 15) is 8.78 Å². The minimum absolute atomic E-state index is 0.168. The molecule has 1 aromatic rings. The topological polar surface area (TPSA) is 24.1 Å². The lowest BCUT2D eigenvalue weighted by Crippen LogP contribution is -2.46. The molecular weight excluding hydrogens is 290 g/mol. The Kier molecular flexibility index (Phi) is 5.51. The first-order valence-corrected chi connectivity index (χ1v) is 7.90. The molecule has 0 amide bonds. The molecule has 0 aromatic heterocycles. The second-order valence-electron chi connectivity index (χ2n) is 5.88. The van der Waals surface area contributed by atoms with E-state index in [1.807, 2.05) is 6.92 Å². The molecule has 2 N–H and O–H groups in total. The highest BCUT2D eigenvalue weighted by Gasteiger charge is 2.22. The van der Waals surface area contributed by atoms with Gasteiger partial charge in [0, 0.05) is 6.04 Å². The Morgan fingerprint density at radius 2 is 1.95 bits per heavy atom. The Morgan fingerprint density at radius 1 is 1.24 bits per heavy atom. The monoisotopic (exact) mass is 312 g/mol. The fourth-order valence-electron chi connectivity index (χ4n) is 2.80. The summed E-state index contributed by atoms with van der Waals surface area (Å²) >= 11 is 5.33. The van der Waals surface area contributed by atoms with Crippen molar-refractivity contribution in [2.24, 2.45) is 5.92 Å². The molecule has 5 heteroatoms. The molecule has 1 fully saturated rings. The fraction of sp³-hybridized carbons (Fsp3) is 0.562. The van der Waals surface area contributed by atoms with Gasteiger partial charge in [-0.2, -0.15) is 0 Å². The molecule has 116 valence electrons. The third-order valence-corrected chi connectivity index (χ3v) is 4.45. The van der Waals surface area contributed by atoms with Crippen LogP contribution in [0.5, 0.6) is 0 Å². The van der Waals surface area contributed by atoms with E-state index < -0.39 is 11.6 Å². The lowest BCUT2D eigenvalue weighted by molar-refractivity contribution is 0.307. The van der Waals surface area contributed by atoms with E-state index in [-0.39, 0.29) is 6.04 Å². The van der Waals surface area contributed by atoms with Crippen LogP contribution in [0.1, 0.15) is 51.1 Å². The van der Waals surface area contributed by atoms with E-state index in [4.69, 9.17) is 12.2 Å². The molecule has 3 atom stereocenters. The second kappa shape index (κ2) is 7.16. The van der Waals surface area contributed by atoms with Gasteiger partial charge in [-0.05, 0) is 55.6 Å². The van der Waals surface area contributed by atoms with Crippen LogP contribution in [0.15, 0.2) is 18.2 Å². The zero-order valence-electron chi connectivity index (χ0n) is 12.5. The van der Waals surface area contributed by atoms with Gasteiger partial charge in [-0.1, -0.05) is 25.8 Å². The molecule has 2 nitrogen and oxygen atoms in total. The van der Waals surface area contributed by atoms with Gasteiger partial charge in [0.25, 0.3) is 0 Å². The minimum Gasteiger partial charge on any atom is -0.360 e. The number of rotatable bonds is 3. The summed E-state index contributed by atoms with van der Waals surface area (Å²) in [4.78, 5) is 0. The van der Waals surface area contributed by atoms with Gasteiger partial charge < -0.3 is 10.6 Å². The third kappa shape index (κ3) is 4.37. The van der Waals surface area contributed by atoms with Gasteiger partial charge in [0.1, 0.15) is 0 Å². The number of halogens is 2. The molecule has 1 saturated carbocycles. The highest BCUT2D eigenvalue weighted by atomic mass is 32.1. The average molecular weight is 312 g/mol. The molecule has 0 bridgehead atoms. The zero-order valence-corrected chi connectivity index (χ0v) is 13.3. The van der Waals surface area contributed by atoms with Gasteiger partial charge in [-0.25, -0.2) is 8.78 Å². The molecule has 0 unspecified atom stereocenters. The van der Waals surface area contributed by atoms with Crippen LogP contribution in [-0.2, 0) is 0 Å². The van der Waals surface area contributed by atoms with E-state index >= 15 is 0 Å². The molecule has 0 heterocycles.